The predicted molar refractivity (Wildman–Crippen MR) is 55.8 cm³/mol. The Morgan fingerprint density at radius 1 is 1.33 bits per heavy atom. The van der Waals surface area contributed by atoms with Gasteiger partial charge in [-0.05, 0) is 12.0 Å². The second-order valence-electron chi connectivity index (χ2n) is 3.97. The number of phenols is 1. The van der Waals surface area contributed by atoms with E-state index in [1.807, 2.05) is 13.8 Å². The van der Waals surface area contributed by atoms with Crippen LogP contribution < -0.4 is 5.73 Å². The number of phenolic OH excluding ortho intramolecular Hbond substituents is 1. The van der Waals surface area contributed by atoms with E-state index in [1.54, 1.807) is 0 Å². The van der Waals surface area contributed by atoms with Gasteiger partial charge in [0.25, 0.3) is 0 Å². The van der Waals surface area contributed by atoms with Crippen LogP contribution in [0.1, 0.15) is 25.5 Å². The van der Waals surface area contributed by atoms with Crippen molar-refractivity contribution in [3.05, 3.63) is 29.6 Å². The zero-order valence-electron chi connectivity index (χ0n) is 8.81. The third-order valence-corrected chi connectivity index (χ3v) is 2.39. The summed E-state index contributed by atoms with van der Waals surface area (Å²) in [5, 5.41) is 18.7. The molecular weight excluding hydrogens is 197 g/mol. The lowest BCUT2D eigenvalue weighted by Crippen LogP contribution is -2.31. The summed E-state index contributed by atoms with van der Waals surface area (Å²) < 4.78 is 13.4. The molecule has 4 N–H and O–H groups in total. The fourth-order valence-corrected chi connectivity index (χ4v) is 1.39. The zero-order valence-corrected chi connectivity index (χ0v) is 8.81. The molecule has 0 unspecified atom stereocenters. The fraction of sp³-hybridized carbons (Fsp3) is 0.455. The van der Waals surface area contributed by atoms with Gasteiger partial charge in [-0.2, -0.15) is 0 Å². The summed E-state index contributed by atoms with van der Waals surface area (Å²) in [6.07, 6.45) is -0.802. The lowest BCUT2D eigenvalue weighted by molar-refractivity contribution is 0.0966. The van der Waals surface area contributed by atoms with Crippen molar-refractivity contribution in [1.82, 2.24) is 0 Å². The maximum Gasteiger partial charge on any atom is 0.131 e. The van der Waals surface area contributed by atoms with Gasteiger partial charge in [0, 0.05) is 11.6 Å². The molecule has 1 rings (SSSR count). The number of aliphatic hydroxyl groups excluding tert-OH is 1. The lowest BCUT2D eigenvalue weighted by Gasteiger charge is -2.22. The standard InChI is InChI=1S/C11H16FNO2/c1-6(2)11(15)10(13)8-4-3-7(14)5-9(8)12/h3-6,10-11,14-15H,13H2,1-2H3/t10-,11+/m0/s1. The molecule has 0 saturated heterocycles. The normalized spacial score (nSPS) is 15.3. The van der Waals surface area contributed by atoms with Crippen molar-refractivity contribution in [2.75, 3.05) is 0 Å². The Balaban J connectivity index is 2.96. The van der Waals surface area contributed by atoms with Gasteiger partial charge in [-0.15, -0.1) is 0 Å². The largest absolute Gasteiger partial charge is 0.508 e. The number of hydrogen-bond donors (Lipinski definition) is 3. The molecule has 0 saturated carbocycles. The highest BCUT2D eigenvalue weighted by atomic mass is 19.1. The van der Waals surface area contributed by atoms with E-state index in [1.165, 1.54) is 12.1 Å². The SMILES string of the molecule is CC(C)[C@@H](O)[C@@H](N)c1ccc(O)cc1F. The summed E-state index contributed by atoms with van der Waals surface area (Å²) in [6.45, 7) is 3.62. The van der Waals surface area contributed by atoms with Gasteiger partial charge in [0.15, 0.2) is 0 Å². The van der Waals surface area contributed by atoms with Crippen LogP contribution in [0.25, 0.3) is 0 Å². The molecule has 0 fully saturated rings. The van der Waals surface area contributed by atoms with Gasteiger partial charge < -0.3 is 15.9 Å². The van der Waals surface area contributed by atoms with E-state index in [9.17, 15) is 9.50 Å². The minimum Gasteiger partial charge on any atom is -0.508 e. The van der Waals surface area contributed by atoms with Crippen molar-refractivity contribution in [2.24, 2.45) is 11.7 Å². The minimum absolute atomic E-state index is 0.0480. The number of nitrogens with two attached hydrogens (primary N) is 1. The lowest BCUT2D eigenvalue weighted by atomic mass is 9.94. The number of benzene rings is 1. The molecule has 0 aromatic heterocycles. The maximum atomic E-state index is 13.4. The van der Waals surface area contributed by atoms with E-state index in [0.29, 0.717) is 0 Å². The van der Waals surface area contributed by atoms with Crippen molar-refractivity contribution in [2.45, 2.75) is 26.0 Å². The monoisotopic (exact) mass is 213 g/mol. The van der Waals surface area contributed by atoms with Crippen LogP contribution in [0.15, 0.2) is 18.2 Å². The molecule has 0 spiro atoms. The van der Waals surface area contributed by atoms with E-state index in [4.69, 9.17) is 10.8 Å². The quantitative estimate of drug-likeness (QED) is 0.713. The Morgan fingerprint density at radius 2 is 1.93 bits per heavy atom. The van der Waals surface area contributed by atoms with Crippen LogP contribution in [0, 0.1) is 11.7 Å². The Morgan fingerprint density at radius 3 is 2.40 bits per heavy atom. The Kier molecular flexibility index (Phi) is 3.66. The Hall–Kier alpha value is -1.13. The molecule has 15 heavy (non-hydrogen) atoms. The molecule has 2 atom stereocenters. The van der Waals surface area contributed by atoms with Crippen LogP contribution in [0.2, 0.25) is 0 Å². The van der Waals surface area contributed by atoms with Gasteiger partial charge in [-0.3, -0.25) is 0 Å². The van der Waals surface area contributed by atoms with Crippen molar-refractivity contribution >= 4 is 0 Å². The molecular formula is C11H16FNO2. The highest BCUT2D eigenvalue weighted by molar-refractivity contribution is 5.30. The summed E-state index contributed by atoms with van der Waals surface area (Å²) in [5.41, 5.74) is 5.94. The number of aliphatic hydroxyl groups is 1. The van der Waals surface area contributed by atoms with Crippen molar-refractivity contribution in [3.63, 3.8) is 0 Å². The maximum absolute atomic E-state index is 13.4. The van der Waals surface area contributed by atoms with Gasteiger partial charge in [0.1, 0.15) is 11.6 Å². The van der Waals surface area contributed by atoms with Crippen LogP contribution in [-0.2, 0) is 0 Å². The number of rotatable bonds is 3. The first kappa shape index (κ1) is 11.9. The van der Waals surface area contributed by atoms with E-state index >= 15 is 0 Å². The van der Waals surface area contributed by atoms with Crippen molar-refractivity contribution < 1.29 is 14.6 Å². The summed E-state index contributed by atoms with van der Waals surface area (Å²) in [7, 11) is 0. The van der Waals surface area contributed by atoms with Gasteiger partial charge in [-0.1, -0.05) is 19.9 Å². The zero-order chi connectivity index (χ0) is 11.6. The van der Waals surface area contributed by atoms with Gasteiger partial charge >= 0.3 is 0 Å². The van der Waals surface area contributed by atoms with E-state index in [0.717, 1.165) is 6.07 Å². The van der Waals surface area contributed by atoms with Crippen LogP contribution in [0.4, 0.5) is 4.39 Å². The summed E-state index contributed by atoms with van der Waals surface area (Å²) in [4.78, 5) is 0. The van der Waals surface area contributed by atoms with Gasteiger partial charge in [0.2, 0.25) is 0 Å². The molecule has 0 aliphatic rings. The number of hydrogen-bond acceptors (Lipinski definition) is 3. The number of halogens is 1. The second kappa shape index (κ2) is 4.59. The minimum atomic E-state index is -0.802. The fourth-order valence-electron chi connectivity index (χ4n) is 1.39. The molecule has 84 valence electrons. The molecule has 0 radical (unpaired) electrons. The molecule has 0 amide bonds. The average Bonchev–Trinajstić information content (AvgIpc) is 2.15. The van der Waals surface area contributed by atoms with Crippen LogP contribution in [-0.4, -0.2) is 16.3 Å². The molecule has 0 bridgehead atoms. The summed E-state index contributed by atoms with van der Waals surface area (Å²) >= 11 is 0. The molecule has 0 heterocycles. The highest BCUT2D eigenvalue weighted by Gasteiger charge is 2.22. The Bertz CT molecular complexity index is 341. The topological polar surface area (TPSA) is 66.5 Å². The van der Waals surface area contributed by atoms with Crippen LogP contribution in [0.3, 0.4) is 0 Å². The third kappa shape index (κ3) is 2.67. The first-order chi connectivity index (χ1) is 6.93. The molecule has 0 aliphatic carbocycles. The van der Waals surface area contributed by atoms with E-state index < -0.39 is 18.0 Å². The van der Waals surface area contributed by atoms with E-state index in [-0.39, 0.29) is 17.2 Å². The molecule has 4 heteroatoms. The van der Waals surface area contributed by atoms with Crippen molar-refractivity contribution in [3.8, 4) is 5.75 Å². The first-order valence-electron chi connectivity index (χ1n) is 4.85. The van der Waals surface area contributed by atoms with Gasteiger partial charge in [0.05, 0.1) is 12.1 Å². The molecule has 1 aromatic carbocycles. The molecule has 1 aromatic rings. The smallest absolute Gasteiger partial charge is 0.131 e. The predicted octanol–water partition coefficient (Wildman–Crippen LogP) is 1.55. The number of aromatic hydroxyl groups is 1. The van der Waals surface area contributed by atoms with Crippen molar-refractivity contribution in [1.29, 1.82) is 0 Å². The third-order valence-electron chi connectivity index (χ3n) is 2.39. The van der Waals surface area contributed by atoms with Crippen LogP contribution in [0.5, 0.6) is 5.75 Å². The highest BCUT2D eigenvalue weighted by Crippen LogP contribution is 2.24. The van der Waals surface area contributed by atoms with Gasteiger partial charge in [-0.25, -0.2) is 4.39 Å². The summed E-state index contributed by atoms with van der Waals surface area (Å²) in [5.74, 6) is -0.794. The summed E-state index contributed by atoms with van der Waals surface area (Å²) in [6, 6.07) is 2.96. The first-order valence-corrected chi connectivity index (χ1v) is 4.85. The molecule has 0 aliphatic heterocycles. The Labute approximate surface area is 88.4 Å². The second-order valence-corrected chi connectivity index (χ2v) is 3.97. The average molecular weight is 213 g/mol. The molecule has 3 nitrogen and oxygen atoms in total. The van der Waals surface area contributed by atoms with E-state index in [2.05, 4.69) is 0 Å². The van der Waals surface area contributed by atoms with Crippen LogP contribution >= 0.6 is 0 Å².